The van der Waals surface area contributed by atoms with Crippen LogP contribution in [0, 0.1) is 11.7 Å². The Balaban J connectivity index is 1.47. The Labute approximate surface area is 178 Å². The Morgan fingerprint density at radius 1 is 1.23 bits per heavy atom. The van der Waals surface area contributed by atoms with Crippen LogP contribution in [0.4, 0.5) is 10.1 Å². The first-order chi connectivity index (χ1) is 15.0. The van der Waals surface area contributed by atoms with Gasteiger partial charge >= 0.3 is 5.97 Å². The van der Waals surface area contributed by atoms with Gasteiger partial charge in [-0.3, -0.25) is 9.59 Å². The minimum absolute atomic E-state index is 0.0180. The molecule has 1 fully saturated rings. The highest BCUT2D eigenvalue weighted by Gasteiger charge is 2.37. The van der Waals surface area contributed by atoms with Gasteiger partial charge in [-0.05, 0) is 35.9 Å². The smallest absolute Gasteiger partial charge is 0.328 e. The molecule has 0 radical (unpaired) electrons. The summed E-state index contributed by atoms with van der Waals surface area (Å²) < 4.78 is 18.1. The van der Waals surface area contributed by atoms with Crippen molar-refractivity contribution >= 4 is 34.4 Å². The molecule has 31 heavy (non-hydrogen) atoms. The fourth-order valence-electron chi connectivity index (χ4n) is 3.90. The van der Waals surface area contributed by atoms with Gasteiger partial charge < -0.3 is 19.9 Å². The second kappa shape index (κ2) is 8.59. The normalized spacial score (nSPS) is 17.0. The molecule has 2 heterocycles. The van der Waals surface area contributed by atoms with Crippen molar-refractivity contribution in [3.05, 3.63) is 66.1 Å². The monoisotopic (exact) mass is 423 g/mol. The molecule has 8 heteroatoms. The number of benzene rings is 2. The molecule has 2 atom stereocenters. The third kappa shape index (κ3) is 4.28. The Hall–Kier alpha value is -3.68. The standard InChI is InChI=1S/C23H22FN3O4/c1-31-23(30)20(10-14-12-25-19-5-3-2-4-18(14)19)26-22(29)15-11-21(28)27(13-15)17-8-6-16(24)7-9-17/h2-9,12,15,20,25H,10-11,13H2,1H3,(H,26,29)/t15-,20-/m1/s1. The average molecular weight is 423 g/mol. The Bertz CT molecular complexity index is 1130. The summed E-state index contributed by atoms with van der Waals surface area (Å²) in [5.74, 6) is -2.19. The molecule has 0 saturated carbocycles. The fourth-order valence-corrected chi connectivity index (χ4v) is 3.90. The molecule has 3 aromatic rings. The topological polar surface area (TPSA) is 91.5 Å². The number of esters is 1. The number of para-hydroxylation sites is 1. The van der Waals surface area contributed by atoms with Crippen LogP contribution >= 0.6 is 0 Å². The van der Waals surface area contributed by atoms with Gasteiger partial charge in [0.05, 0.1) is 13.0 Å². The summed E-state index contributed by atoms with van der Waals surface area (Å²) in [4.78, 5) is 42.2. The van der Waals surface area contributed by atoms with E-state index < -0.39 is 29.7 Å². The molecule has 0 unspecified atom stereocenters. The number of ether oxygens (including phenoxy) is 1. The number of hydrogen-bond acceptors (Lipinski definition) is 4. The van der Waals surface area contributed by atoms with Gasteiger partial charge in [0, 0.05) is 42.2 Å². The van der Waals surface area contributed by atoms with E-state index in [1.54, 1.807) is 0 Å². The van der Waals surface area contributed by atoms with Crippen LogP contribution in [-0.2, 0) is 25.5 Å². The zero-order valence-electron chi connectivity index (χ0n) is 16.9. The first-order valence-corrected chi connectivity index (χ1v) is 9.95. The number of amides is 2. The van der Waals surface area contributed by atoms with Crippen molar-refractivity contribution in [3.8, 4) is 0 Å². The highest BCUT2D eigenvalue weighted by atomic mass is 19.1. The number of anilines is 1. The quantitative estimate of drug-likeness (QED) is 0.596. The van der Waals surface area contributed by atoms with Crippen LogP contribution in [0.5, 0.6) is 0 Å². The maximum Gasteiger partial charge on any atom is 0.328 e. The van der Waals surface area contributed by atoms with Gasteiger partial charge in [-0.25, -0.2) is 9.18 Å². The van der Waals surface area contributed by atoms with Crippen LogP contribution in [0.3, 0.4) is 0 Å². The highest BCUT2D eigenvalue weighted by molar-refractivity contribution is 6.01. The molecular formula is C23H22FN3O4. The van der Waals surface area contributed by atoms with E-state index in [0.29, 0.717) is 5.69 Å². The predicted molar refractivity (Wildman–Crippen MR) is 113 cm³/mol. The Kier molecular flexibility index (Phi) is 5.70. The average Bonchev–Trinajstić information content (AvgIpc) is 3.37. The minimum atomic E-state index is -0.883. The van der Waals surface area contributed by atoms with Gasteiger partial charge in [-0.2, -0.15) is 0 Å². The molecule has 1 aliphatic rings. The van der Waals surface area contributed by atoms with Crippen LogP contribution in [0.15, 0.2) is 54.7 Å². The van der Waals surface area contributed by atoms with Gasteiger partial charge in [0.15, 0.2) is 0 Å². The molecule has 2 N–H and O–H groups in total. The number of halogens is 1. The lowest BCUT2D eigenvalue weighted by Crippen LogP contribution is -2.46. The Morgan fingerprint density at radius 3 is 2.71 bits per heavy atom. The number of nitrogens with one attached hydrogen (secondary N) is 2. The van der Waals surface area contributed by atoms with E-state index in [1.807, 2.05) is 30.5 Å². The zero-order chi connectivity index (χ0) is 22.0. The Morgan fingerprint density at radius 2 is 1.97 bits per heavy atom. The number of carbonyl (C=O) groups excluding carboxylic acids is 3. The maximum atomic E-state index is 13.2. The van der Waals surface area contributed by atoms with Gasteiger partial charge in [0.25, 0.3) is 0 Å². The van der Waals surface area contributed by atoms with Crippen LogP contribution < -0.4 is 10.2 Å². The molecule has 0 spiro atoms. The molecule has 2 amide bonds. The lowest BCUT2D eigenvalue weighted by Gasteiger charge is -2.19. The molecule has 160 valence electrons. The summed E-state index contributed by atoms with van der Waals surface area (Å²) in [5.41, 5.74) is 2.34. The molecule has 1 saturated heterocycles. The summed E-state index contributed by atoms with van der Waals surface area (Å²) in [5, 5.41) is 3.71. The molecule has 4 rings (SSSR count). The molecule has 1 aromatic heterocycles. The number of fused-ring (bicyclic) bond motifs is 1. The largest absolute Gasteiger partial charge is 0.467 e. The van der Waals surface area contributed by atoms with Crippen molar-refractivity contribution < 1.29 is 23.5 Å². The maximum absolute atomic E-state index is 13.2. The molecule has 7 nitrogen and oxygen atoms in total. The number of rotatable bonds is 6. The van der Waals surface area contributed by atoms with Crippen LogP contribution in [0.25, 0.3) is 10.9 Å². The van der Waals surface area contributed by atoms with Gasteiger partial charge in [-0.15, -0.1) is 0 Å². The third-order valence-corrected chi connectivity index (χ3v) is 5.54. The molecule has 0 bridgehead atoms. The van der Waals surface area contributed by atoms with Crippen LogP contribution in [0.1, 0.15) is 12.0 Å². The fraction of sp³-hybridized carbons (Fsp3) is 0.261. The highest BCUT2D eigenvalue weighted by Crippen LogP contribution is 2.26. The van der Waals surface area contributed by atoms with Crippen LogP contribution in [0.2, 0.25) is 0 Å². The molecule has 2 aromatic carbocycles. The van der Waals surface area contributed by atoms with E-state index in [1.165, 1.54) is 36.3 Å². The lowest BCUT2D eigenvalue weighted by atomic mass is 10.0. The van der Waals surface area contributed by atoms with Crippen molar-refractivity contribution in [2.45, 2.75) is 18.9 Å². The van der Waals surface area contributed by atoms with Gasteiger partial charge in [0.2, 0.25) is 11.8 Å². The van der Waals surface area contributed by atoms with E-state index in [9.17, 15) is 18.8 Å². The number of nitrogens with zero attached hydrogens (tertiary/aromatic N) is 1. The number of aromatic amines is 1. The minimum Gasteiger partial charge on any atom is -0.467 e. The van der Waals surface area contributed by atoms with Crippen molar-refractivity contribution in [2.24, 2.45) is 5.92 Å². The second-order valence-corrected chi connectivity index (χ2v) is 7.53. The molecule has 1 aliphatic heterocycles. The number of carbonyl (C=O) groups is 3. The molecular weight excluding hydrogens is 401 g/mol. The summed E-state index contributed by atoms with van der Waals surface area (Å²) in [6.45, 7) is 0.164. The van der Waals surface area contributed by atoms with Crippen molar-refractivity contribution in [2.75, 3.05) is 18.6 Å². The molecule has 0 aliphatic carbocycles. The zero-order valence-corrected chi connectivity index (χ0v) is 16.9. The van der Waals surface area contributed by atoms with Crippen molar-refractivity contribution in [1.29, 1.82) is 0 Å². The van der Waals surface area contributed by atoms with Crippen molar-refractivity contribution in [1.82, 2.24) is 10.3 Å². The van der Waals surface area contributed by atoms with Crippen molar-refractivity contribution in [3.63, 3.8) is 0 Å². The van der Waals surface area contributed by atoms with E-state index in [2.05, 4.69) is 10.3 Å². The van der Waals surface area contributed by atoms with Gasteiger partial charge in [0.1, 0.15) is 11.9 Å². The summed E-state index contributed by atoms with van der Waals surface area (Å²) in [6, 6.07) is 12.3. The SMILES string of the molecule is COC(=O)[C@@H](Cc1c[nH]c2ccccc12)NC(=O)[C@@H]1CC(=O)N(c2ccc(F)cc2)C1. The first-order valence-electron chi connectivity index (χ1n) is 9.95. The number of H-pyrrole nitrogens is 1. The van der Waals surface area contributed by atoms with E-state index in [0.717, 1.165) is 16.5 Å². The van der Waals surface area contributed by atoms with Gasteiger partial charge in [-0.1, -0.05) is 18.2 Å². The summed E-state index contributed by atoms with van der Waals surface area (Å²) >= 11 is 0. The van der Waals surface area contributed by atoms with E-state index in [-0.39, 0.29) is 25.3 Å². The summed E-state index contributed by atoms with van der Waals surface area (Å²) in [7, 11) is 1.27. The first kappa shape index (κ1) is 20.6. The number of aromatic nitrogens is 1. The second-order valence-electron chi connectivity index (χ2n) is 7.53. The van der Waals surface area contributed by atoms with Crippen LogP contribution in [-0.4, -0.2) is 42.5 Å². The predicted octanol–water partition coefficient (Wildman–Crippen LogP) is 2.56. The van der Waals surface area contributed by atoms with E-state index >= 15 is 0 Å². The summed E-state index contributed by atoms with van der Waals surface area (Å²) in [6.07, 6.45) is 2.08. The number of hydrogen-bond donors (Lipinski definition) is 2. The third-order valence-electron chi connectivity index (χ3n) is 5.54. The number of methoxy groups -OCH3 is 1. The van der Waals surface area contributed by atoms with E-state index in [4.69, 9.17) is 4.74 Å². The lowest BCUT2D eigenvalue weighted by molar-refractivity contribution is -0.145.